The summed E-state index contributed by atoms with van der Waals surface area (Å²) >= 11 is 0. The SMILES string of the molecule is CC12CC=C3C(CCC45CC6(CCC34O5)OCCO6)C1CCC2O. The van der Waals surface area contributed by atoms with E-state index in [0.29, 0.717) is 11.8 Å². The molecule has 4 heteroatoms. The van der Waals surface area contributed by atoms with Gasteiger partial charge in [-0.05, 0) is 55.9 Å². The van der Waals surface area contributed by atoms with Gasteiger partial charge in [0.15, 0.2) is 5.79 Å². The Labute approximate surface area is 143 Å². The van der Waals surface area contributed by atoms with Gasteiger partial charge in [0.2, 0.25) is 0 Å². The van der Waals surface area contributed by atoms with Crippen molar-refractivity contribution in [1.82, 2.24) is 0 Å². The second-order valence-electron chi connectivity index (χ2n) is 9.42. The molecule has 6 aliphatic rings. The molecule has 0 aromatic carbocycles. The van der Waals surface area contributed by atoms with Crippen LogP contribution < -0.4 is 0 Å². The van der Waals surface area contributed by atoms with E-state index in [1.54, 1.807) is 5.57 Å². The maximum absolute atomic E-state index is 10.5. The Kier molecular flexibility index (Phi) is 2.62. The molecule has 1 N–H and O–H groups in total. The predicted octanol–water partition coefficient (Wildman–Crippen LogP) is 2.94. The highest BCUT2D eigenvalue weighted by Crippen LogP contribution is 2.73. The van der Waals surface area contributed by atoms with Gasteiger partial charge in [-0.3, -0.25) is 0 Å². The van der Waals surface area contributed by atoms with Gasteiger partial charge >= 0.3 is 0 Å². The van der Waals surface area contributed by atoms with Crippen molar-refractivity contribution in [2.45, 2.75) is 81.4 Å². The quantitative estimate of drug-likeness (QED) is 0.547. The highest BCUT2D eigenvalue weighted by atomic mass is 16.7. The lowest BCUT2D eigenvalue weighted by Crippen LogP contribution is -2.52. The number of ether oxygens (including phenoxy) is 3. The van der Waals surface area contributed by atoms with Crippen molar-refractivity contribution in [3.8, 4) is 0 Å². The Morgan fingerprint density at radius 2 is 1.92 bits per heavy atom. The molecular weight excluding hydrogens is 304 g/mol. The predicted molar refractivity (Wildman–Crippen MR) is 87.3 cm³/mol. The number of aliphatic hydroxyl groups is 1. The van der Waals surface area contributed by atoms with Gasteiger partial charge in [-0.25, -0.2) is 0 Å². The van der Waals surface area contributed by atoms with Gasteiger partial charge in [0.25, 0.3) is 0 Å². The van der Waals surface area contributed by atoms with Crippen LogP contribution in [0.4, 0.5) is 0 Å². The Morgan fingerprint density at radius 3 is 2.75 bits per heavy atom. The summed E-state index contributed by atoms with van der Waals surface area (Å²) in [5, 5.41) is 10.5. The standard InChI is InChI=1S/C20H28O4/c1-17-6-5-15-13(14(17)2-3-16(17)21)4-7-18-12-19(22-10-11-23-19)8-9-20(15,18)24-18/h5,13-14,16,21H,2-4,6-12H2,1H3. The van der Waals surface area contributed by atoms with E-state index in [0.717, 1.165) is 51.7 Å². The monoisotopic (exact) mass is 332 g/mol. The van der Waals surface area contributed by atoms with Crippen LogP contribution in [0.3, 0.4) is 0 Å². The summed E-state index contributed by atoms with van der Waals surface area (Å²) in [4.78, 5) is 0. The fourth-order valence-corrected chi connectivity index (χ4v) is 7.31. The average molecular weight is 332 g/mol. The second kappa shape index (κ2) is 4.28. The first-order valence-corrected chi connectivity index (χ1v) is 9.89. The molecule has 0 aromatic rings. The average Bonchev–Trinajstić information content (AvgIpc) is 2.88. The second-order valence-corrected chi connectivity index (χ2v) is 9.42. The third-order valence-electron chi connectivity index (χ3n) is 8.62. The van der Waals surface area contributed by atoms with Crippen LogP contribution in [-0.4, -0.2) is 41.4 Å². The molecule has 0 bridgehead atoms. The normalized spacial score (nSPS) is 56.9. The fourth-order valence-electron chi connectivity index (χ4n) is 7.31. The molecule has 1 spiro atoms. The van der Waals surface area contributed by atoms with Crippen molar-refractivity contribution >= 4 is 0 Å². The summed E-state index contributed by atoms with van der Waals surface area (Å²) in [5.41, 5.74) is 1.62. The van der Waals surface area contributed by atoms with Crippen LogP contribution in [0.5, 0.6) is 0 Å². The van der Waals surface area contributed by atoms with E-state index in [1.165, 1.54) is 12.8 Å². The summed E-state index contributed by atoms with van der Waals surface area (Å²) in [5.74, 6) is 0.898. The molecule has 2 aliphatic heterocycles. The van der Waals surface area contributed by atoms with E-state index in [9.17, 15) is 5.11 Å². The first kappa shape index (κ1) is 14.7. The number of hydrogen-bond acceptors (Lipinski definition) is 4. The third kappa shape index (κ3) is 1.52. The Morgan fingerprint density at radius 1 is 1.08 bits per heavy atom. The number of fused-ring (bicyclic) bond motifs is 3. The molecule has 5 fully saturated rings. The van der Waals surface area contributed by atoms with Gasteiger partial charge in [-0.2, -0.15) is 0 Å². The molecule has 0 radical (unpaired) electrons. The summed E-state index contributed by atoms with van der Waals surface area (Å²) in [6, 6.07) is 0. The minimum Gasteiger partial charge on any atom is -0.393 e. The van der Waals surface area contributed by atoms with Gasteiger partial charge in [0, 0.05) is 18.3 Å². The van der Waals surface area contributed by atoms with Crippen molar-refractivity contribution in [3.05, 3.63) is 11.6 Å². The van der Waals surface area contributed by atoms with E-state index >= 15 is 0 Å². The number of rotatable bonds is 0. The molecular formula is C20H28O4. The van der Waals surface area contributed by atoms with Crippen molar-refractivity contribution in [1.29, 1.82) is 0 Å². The van der Waals surface area contributed by atoms with Crippen molar-refractivity contribution in [2.75, 3.05) is 13.2 Å². The van der Waals surface area contributed by atoms with Crippen molar-refractivity contribution in [3.63, 3.8) is 0 Å². The molecule has 6 rings (SSSR count). The minimum atomic E-state index is -0.361. The van der Waals surface area contributed by atoms with Crippen LogP contribution in [-0.2, 0) is 14.2 Å². The van der Waals surface area contributed by atoms with Crippen LogP contribution in [0, 0.1) is 17.3 Å². The molecule has 2 saturated heterocycles. The molecule has 0 aromatic heterocycles. The van der Waals surface area contributed by atoms with E-state index in [-0.39, 0.29) is 28.5 Å². The summed E-state index contributed by atoms with van der Waals surface area (Å²) in [6.07, 6.45) is 10.8. The molecule has 4 nitrogen and oxygen atoms in total. The molecule has 2 heterocycles. The highest BCUT2D eigenvalue weighted by molar-refractivity contribution is 5.43. The smallest absolute Gasteiger partial charge is 0.171 e. The largest absolute Gasteiger partial charge is 0.393 e. The van der Waals surface area contributed by atoms with Gasteiger partial charge in [0.1, 0.15) is 11.2 Å². The highest BCUT2D eigenvalue weighted by Gasteiger charge is 2.79. The molecule has 24 heavy (non-hydrogen) atoms. The molecule has 4 aliphatic carbocycles. The summed E-state index contributed by atoms with van der Waals surface area (Å²) in [7, 11) is 0. The zero-order valence-electron chi connectivity index (χ0n) is 14.6. The molecule has 0 amide bonds. The fraction of sp³-hybridized carbons (Fsp3) is 0.900. The number of hydrogen-bond donors (Lipinski definition) is 1. The Balaban J connectivity index is 1.36. The van der Waals surface area contributed by atoms with Crippen LogP contribution in [0.15, 0.2) is 11.6 Å². The van der Waals surface area contributed by atoms with Crippen LogP contribution in [0.25, 0.3) is 0 Å². The molecule has 6 atom stereocenters. The Bertz CT molecular complexity index is 623. The van der Waals surface area contributed by atoms with E-state index in [4.69, 9.17) is 14.2 Å². The number of allylic oxidation sites excluding steroid dienone is 1. The van der Waals surface area contributed by atoms with Crippen LogP contribution in [0.2, 0.25) is 0 Å². The van der Waals surface area contributed by atoms with E-state index in [1.807, 2.05) is 0 Å². The lowest BCUT2D eigenvalue weighted by atomic mass is 9.54. The number of epoxide rings is 1. The zero-order valence-corrected chi connectivity index (χ0v) is 14.6. The topological polar surface area (TPSA) is 51.2 Å². The molecule has 6 unspecified atom stereocenters. The minimum absolute atomic E-state index is 0.0225. The maximum atomic E-state index is 10.5. The molecule has 132 valence electrons. The van der Waals surface area contributed by atoms with Crippen LogP contribution in [0.1, 0.15) is 58.3 Å². The van der Waals surface area contributed by atoms with Gasteiger partial charge in [-0.15, -0.1) is 0 Å². The maximum Gasteiger partial charge on any atom is 0.171 e. The zero-order chi connectivity index (χ0) is 16.2. The first-order chi connectivity index (χ1) is 11.5. The van der Waals surface area contributed by atoms with Crippen LogP contribution >= 0.6 is 0 Å². The van der Waals surface area contributed by atoms with Crippen molar-refractivity contribution < 1.29 is 19.3 Å². The Hall–Kier alpha value is -0.420. The summed E-state index contributed by atoms with van der Waals surface area (Å²) < 4.78 is 18.6. The van der Waals surface area contributed by atoms with E-state index in [2.05, 4.69) is 13.0 Å². The third-order valence-corrected chi connectivity index (χ3v) is 8.62. The number of aliphatic hydroxyl groups excluding tert-OH is 1. The van der Waals surface area contributed by atoms with Crippen molar-refractivity contribution in [2.24, 2.45) is 17.3 Å². The first-order valence-electron chi connectivity index (χ1n) is 9.89. The lowest BCUT2D eigenvalue weighted by Gasteiger charge is -2.49. The van der Waals surface area contributed by atoms with Gasteiger partial charge in [0.05, 0.1) is 19.3 Å². The van der Waals surface area contributed by atoms with Gasteiger partial charge < -0.3 is 19.3 Å². The summed E-state index contributed by atoms with van der Waals surface area (Å²) in [6.45, 7) is 3.77. The van der Waals surface area contributed by atoms with Gasteiger partial charge in [-0.1, -0.05) is 13.0 Å². The lowest BCUT2D eigenvalue weighted by molar-refractivity contribution is -0.185. The molecule has 3 saturated carbocycles. The van der Waals surface area contributed by atoms with E-state index < -0.39 is 0 Å².